The van der Waals surface area contributed by atoms with E-state index in [9.17, 15) is 9.18 Å². The van der Waals surface area contributed by atoms with Gasteiger partial charge in [0.2, 0.25) is 0 Å². The molecule has 2 aromatic heterocycles. The zero-order valence-corrected chi connectivity index (χ0v) is 11.9. The molecule has 4 aromatic rings. The van der Waals surface area contributed by atoms with E-state index in [1.807, 2.05) is 28.7 Å². The molecule has 0 spiro atoms. The van der Waals surface area contributed by atoms with Crippen molar-refractivity contribution < 1.29 is 13.9 Å². The number of benzene rings is 2. The van der Waals surface area contributed by atoms with Crippen molar-refractivity contribution in [1.82, 2.24) is 9.38 Å². The van der Waals surface area contributed by atoms with Crippen LogP contribution in [0.5, 0.6) is 0 Å². The highest BCUT2D eigenvalue weighted by Gasteiger charge is 2.22. The highest BCUT2D eigenvalue weighted by Crippen LogP contribution is 2.31. The fourth-order valence-electron chi connectivity index (χ4n) is 2.94. The summed E-state index contributed by atoms with van der Waals surface area (Å²) in [5, 5.41) is 0.551. The van der Waals surface area contributed by atoms with Crippen molar-refractivity contribution in [1.29, 1.82) is 0 Å². The van der Waals surface area contributed by atoms with E-state index in [0.29, 0.717) is 16.6 Å². The molecular weight excluding hydrogens is 283 g/mol. The van der Waals surface area contributed by atoms with E-state index in [1.165, 1.54) is 12.1 Å². The summed E-state index contributed by atoms with van der Waals surface area (Å²) in [6, 6.07) is 12.2. The van der Waals surface area contributed by atoms with Crippen LogP contribution in [0.3, 0.4) is 0 Å². The molecule has 0 saturated heterocycles. The predicted octanol–water partition coefficient (Wildman–Crippen LogP) is 3.89. The number of H-pyrrole nitrogens is 1. The van der Waals surface area contributed by atoms with Crippen molar-refractivity contribution in [3.05, 3.63) is 53.8 Å². The third-order valence-electron chi connectivity index (χ3n) is 3.81. The molecule has 110 valence electrons. The van der Waals surface area contributed by atoms with E-state index in [-0.39, 0.29) is 12.4 Å². The minimum Gasteiger partial charge on any atom is -0.462 e. The number of aromatic amines is 1. The lowest BCUT2D eigenvalue weighted by Crippen LogP contribution is -2.04. The summed E-state index contributed by atoms with van der Waals surface area (Å²) in [6.07, 6.45) is 0. The number of ether oxygens (including phenoxy) is 1. The van der Waals surface area contributed by atoms with Gasteiger partial charge in [-0.2, -0.15) is 0 Å². The smallest absolute Gasteiger partial charge is 0.342 e. The van der Waals surface area contributed by atoms with Gasteiger partial charge in [0.1, 0.15) is 17.0 Å². The molecule has 2 heterocycles. The zero-order chi connectivity index (χ0) is 15.3. The molecular formula is C17H13FN2O2. The van der Waals surface area contributed by atoms with Crippen molar-refractivity contribution in [2.75, 3.05) is 6.61 Å². The minimum absolute atomic E-state index is 0.271. The molecule has 0 fully saturated rings. The summed E-state index contributed by atoms with van der Waals surface area (Å²) in [7, 11) is 0. The topological polar surface area (TPSA) is 46.5 Å². The van der Waals surface area contributed by atoms with Gasteiger partial charge in [-0.3, -0.25) is 4.40 Å². The Bertz CT molecular complexity index is 1030. The number of rotatable bonds is 2. The van der Waals surface area contributed by atoms with Gasteiger partial charge >= 0.3 is 5.97 Å². The van der Waals surface area contributed by atoms with Crippen LogP contribution < -0.4 is 0 Å². The van der Waals surface area contributed by atoms with Crippen LogP contribution >= 0.6 is 0 Å². The maximum absolute atomic E-state index is 13.6. The first-order chi connectivity index (χ1) is 10.7. The molecule has 0 aliphatic heterocycles. The number of hydrogen-bond acceptors (Lipinski definition) is 2. The molecule has 0 atom stereocenters. The van der Waals surface area contributed by atoms with Crippen molar-refractivity contribution >= 4 is 33.6 Å². The lowest BCUT2D eigenvalue weighted by Gasteiger charge is -2.00. The number of fused-ring (bicyclic) bond motifs is 5. The van der Waals surface area contributed by atoms with Gasteiger partial charge < -0.3 is 9.72 Å². The van der Waals surface area contributed by atoms with Gasteiger partial charge in [0.05, 0.1) is 23.2 Å². The van der Waals surface area contributed by atoms with Crippen LogP contribution in [0.15, 0.2) is 42.5 Å². The number of carbonyl (C=O) groups is 1. The van der Waals surface area contributed by atoms with Crippen LogP contribution in [0, 0.1) is 5.82 Å². The van der Waals surface area contributed by atoms with E-state index in [1.54, 1.807) is 13.0 Å². The van der Waals surface area contributed by atoms with Gasteiger partial charge in [-0.15, -0.1) is 0 Å². The van der Waals surface area contributed by atoms with Crippen LogP contribution in [0.1, 0.15) is 17.3 Å². The molecule has 22 heavy (non-hydrogen) atoms. The molecule has 4 rings (SSSR count). The Labute approximate surface area is 125 Å². The first-order valence-electron chi connectivity index (χ1n) is 7.08. The first kappa shape index (κ1) is 12.9. The van der Waals surface area contributed by atoms with E-state index >= 15 is 0 Å². The molecule has 1 N–H and O–H groups in total. The van der Waals surface area contributed by atoms with Crippen molar-refractivity contribution in [2.45, 2.75) is 6.92 Å². The first-order valence-corrected chi connectivity index (χ1v) is 7.08. The molecule has 0 saturated carbocycles. The molecule has 2 aromatic carbocycles. The monoisotopic (exact) mass is 296 g/mol. The molecule has 0 amide bonds. The fraction of sp³-hybridized carbons (Fsp3) is 0.118. The van der Waals surface area contributed by atoms with Gasteiger partial charge in [0, 0.05) is 5.39 Å². The summed E-state index contributed by atoms with van der Waals surface area (Å²) in [5.74, 6) is -0.831. The number of halogens is 1. The fourth-order valence-corrected chi connectivity index (χ4v) is 2.94. The third-order valence-corrected chi connectivity index (χ3v) is 3.81. The zero-order valence-electron chi connectivity index (χ0n) is 11.9. The van der Waals surface area contributed by atoms with Crippen molar-refractivity contribution in [3.63, 3.8) is 0 Å². The summed E-state index contributed by atoms with van der Waals surface area (Å²) in [4.78, 5) is 15.6. The Balaban J connectivity index is 2.21. The van der Waals surface area contributed by atoms with E-state index in [0.717, 1.165) is 16.6 Å². The lowest BCUT2D eigenvalue weighted by atomic mass is 10.1. The van der Waals surface area contributed by atoms with Crippen molar-refractivity contribution in [3.8, 4) is 0 Å². The Morgan fingerprint density at radius 3 is 2.86 bits per heavy atom. The minimum atomic E-state index is -0.452. The predicted molar refractivity (Wildman–Crippen MR) is 82.7 cm³/mol. The molecule has 0 bridgehead atoms. The number of para-hydroxylation sites is 2. The quantitative estimate of drug-likeness (QED) is 0.570. The number of hydrogen-bond donors (Lipinski definition) is 1. The van der Waals surface area contributed by atoms with E-state index in [4.69, 9.17) is 4.74 Å². The third kappa shape index (κ3) is 1.65. The second kappa shape index (κ2) is 4.59. The highest BCUT2D eigenvalue weighted by molar-refractivity contribution is 6.13. The van der Waals surface area contributed by atoms with Crippen LogP contribution in [0.25, 0.3) is 27.6 Å². The van der Waals surface area contributed by atoms with Gasteiger partial charge in [-0.25, -0.2) is 9.18 Å². The second-order valence-electron chi connectivity index (χ2n) is 5.08. The van der Waals surface area contributed by atoms with Gasteiger partial charge in [0.15, 0.2) is 0 Å². The summed E-state index contributed by atoms with van der Waals surface area (Å²) in [5.41, 5.74) is 3.61. The molecule has 5 heteroatoms. The Morgan fingerprint density at radius 1 is 1.23 bits per heavy atom. The number of imidazole rings is 1. The number of nitrogens with zero attached hydrogens (tertiary/aromatic N) is 1. The second-order valence-corrected chi connectivity index (χ2v) is 5.08. The van der Waals surface area contributed by atoms with Gasteiger partial charge in [0.25, 0.3) is 0 Å². The van der Waals surface area contributed by atoms with E-state index < -0.39 is 5.97 Å². The summed E-state index contributed by atoms with van der Waals surface area (Å²) >= 11 is 0. The number of esters is 1. The normalized spacial score (nSPS) is 11.5. The van der Waals surface area contributed by atoms with E-state index in [2.05, 4.69) is 4.98 Å². The molecule has 4 nitrogen and oxygen atoms in total. The largest absolute Gasteiger partial charge is 0.462 e. The molecule has 0 radical (unpaired) electrons. The average Bonchev–Trinajstić information content (AvgIpc) is 3.00. The van der Waals surface area contributed by atoms with Gasteiger partial charge in [-0.05, 0) is 37.3 Å². The lowest BCUT2D eigenvalue weighted by molar-refractivity contribution is 0.0530. The maximum atomic E-state index is 13.6. The van der Waals surface area contributed by atoms with Crippen molar-refractivity contribution in [2.24, 2.45) is 0 Å². The number of aromatic nitrogens is 2. The average molecular weight is 296 g/mol. The summed E-state index contributed by atoms with van der Waals surface area (Å²) in [6.45, 7) is 2.02. The standard InChI is InChI=1S/C17H13FN2O2/c1-2-22-17(21)15-11-9-10(18)7-8-13(11)20-14-6-4-3-5-12(14)19-16(15)20/h3-9,19H,2H2,1H3. The maximum Gasteiger partial charge on any atom is 0.342 e. The Hall–Kier alpha value is -2.82. The molecule has 0 unspecified atom stereocenters. The van der Waals surface area contributed by atoms with Crippen LogP contribution in [-0.4, -0.2) is 22.0 Å². The molecule has 0 aliphatic rings. The number of nitrogens with one attached hydrogen (secondary N) is 1. The van der Waals surface area contributed by atoms with Crippen LogP contribution in [0.2, 0.25) is 0 Å². The van der Waals surface area contributed by atoms with Crippen LogP contribution in [-0.2, 0) is 4.74 Å². The van der Waals surface area contributed by atoms with Crippen LogP contribution in [0.4, 0.5) is 4.39 Å². The molecule has 0 aliphatic carbocycles. The van der Waals surface area contributed by atoms with Gasteiger partial charge in [-0.1, -0.05) is 12.1 Å². The Kier molecular flexibility index (Phi) is 2.69. The highest BCUT2D eigenvalue weighted by atomic mass is 19.1. The number of carbonyl (C=O) groups excluding carboxylic acids is 1. The summed E-state index contributed by atoms with van der Waals surface area (Å²) < 4.78 is 20.7. The SMILES string of the molecule is CCOC(=O)c1c2cc(F)ccc2n2c1[nH]c1ccccc12. The Morgan fingerprint density at radius 2 is 2.05 bits per heavy atom.